The molecule has 0 saturated carbocycles. The Morgan fingerprint density at radius 2 is 1.15 bits per heavy atom. The maximum absolute atomic E-state index is 11.9. The summed E-state index contributed by atoms with van der Waals surface area (Å²) in [6.07, 6.45) is 7.48. The van der Waals surface area contributed by atoms with Gasteiger partial charge in [0.1, 0.15) is 30.8 Å². The van der Waals surface area contributed by atoms with Crippen molar-refractivity contribution in [3.8, 4) is 24.0 Å². The van der Waals surface area contributed by atoms with Gasteiger partial charge in [-0.25, -0.2) is 0 Å². The molecule has 0 aliphatic heterocycles. The number of rotatable bonds is 16. The highest BCUT2D eigenvalue weighted by Gasteiger charge is 2.06. The summed E-state index contributed by atoms with van der Waals surface area (Å²) in [6, 6.07) is 14.2. The van der Waals surface area contributed by atoms with Crippen LogP contribution in [0.2, 0.25) is 0 Å². The molecule has 0 aromatic heterocycles. The van der Waals surface area contributed by atoms with Crippen LogP contribution in [0.4, 0.5) is 0 Å². The van der Waals surface area contributed by atoms with Crippen molar-refractivity contribution in [3.63, 3.8) is 0 Å². The van der Waals surface area contributed by atoms with Gasteiger partial charge in [-0.05, 0) is 42.3 Å². The molecule has 0 saturated heterocycles. The van der Waals surface area contributed by atoms with E-state index in [1.54, 1.807) is 24.3 Å². The smallest absolute Gasteiger partial charge is 0.310 e. The van der Waals surface area contributed by atoms with Gasteiger partial charge in [0.05, 0.1) is 45.9 Å². The Kier molecular flexibility index (Phi) is 12.7. The van der Waals surface area contributed by atoms with Gasteiger partial charge < -0.3 is 28.4 Å². The summed E-state index contributed by atoms with van der Waals surface area (Å²) in [5.74, 6) is 0.643. The lowest BCUT2D eigenvalue weighted by Gasteiger charge is -2.08. The largest absolute Gasteiger partial charge is 0.494 e. The first-order chi connectivity index (χ1) is 16.6. The molecule has 0 N–H and O–H groups in total. The molecule has 8 heteroatoms. The second kappa shape index (κ2) is 16.1. The number of hydrogen-bond donors (Lipinski definition) is 0. The Morgan fingerprint density at radius 3 is 1.59 bits per heavy atom. The molecule has 2 rings (SSSR count). The van der Waals surface area contributed by atoms with Crippen molar-refractivity contribution in [3.05, 3.63) is 59.7 Å². The summed E-state index contributed by atoms with van der Waals surface area (Å²) >= 11 is 0. The first-order valence-corrected chi connectivity index (χ1v) is 11.0. The normalized spacial score (nSPS) is 10.2. The quantitative estimate of drug-likeness (QED) is 0.210. The van der Waals surface area contributed by atoms with E-state index in [0.29, 0.717) is 25.6 Å². The summed E-state index contributed by atoms with van der Waals surface area (Å²) in [7, 11) is 0. The van der Waals surface area contributed by atoms with E-state index in [2.05, 4.69) is 6.11 Å². The first-order valence-electron chi connectivity index (χ1n) is 11.0. The van der Waals surface area contributed by atoms with Crippen LogP contribution in [-0.2, 0) is 41.4 Å². The monoisotopic (exact) mass is 470 g/mol. The molecule has 0 atom stereocenters. The van der Waals surface area contributed by atoms with Crippen LogP contribution < -0.4 is 9.47 Å². The molecule has 0 heterocycles. The zero-order chi connectivity index (χ0) is 24.4. The maximum atomic E-state index is 11.9. The van der Waals surface area contributed by atoms with E-state index in [9.17, 15) is 9.59 Å². The molecule has 0 unspecified atom stereocenters. The lowest BCUT2D eigenvalue weighted by Crippen LogP contribution is -2.16. The zero-order valence-electron chi connectivity index (χ0n) is 19.3. The molecule has 0 spiro atoms. The minimum absolute atomic E-state index is 0.150. The molecule has 8 nitrogen and oxygen atoms in total. The highest BCUT2D eigenvalue weighted by Crippen LogP contribution is 2.13. The fourth-order valence-electron chi connectivity index (χ4n) is 2.80. The van der Waals surface area contributed by atoms with E-state index >= 15 is 0 Å². The molecule has 0 aliphatic rings. The molecular formula is C26H30O8. The molecule has 0 aliphatic carbocycles. The van der Waals surface area contributed by atoms with Gasteiger partial charge in [0.25, 0.3) is 0 Å². The topological polar surface area (TPSA) is 89.5 Å². The lowest BCUT2D eigenvalue weighted by molar-refractivity contribution is -0.146. The second-order valence-electron chi connectivity index (χ2n) is 6.96. The van der Waals surface area contributed by atoms with Crippen LogP contribution in [0.5, 0.6) is 11.5 Å². The zero-order valence-corrected chi connectivity index (χ0v) is 19.3. The maximum Gasteiger partial charge on any atom is 0.310 e. The highest BCUT2D eigenvalue weighted by molar-refractivity contribution is 5.73. The van der Waals surface area contributed by atoms with Gasteiger partial charge in [-0.2, -0.15) is 0 Å². The van der Waals surface area contributed by atoms with E-state index in [0.717, 1.165) is 16.9 Å². The number of hydrogen-bond acceptors (Lipinski definition) is 8. The number of carbonyl (C=O) groups excluding carboxylic acids is 2. The van der Waals surface area contributed by atoms with Crippen molar-refractivity contribution in [1.29, 1.82) is 0 Å². The Morgan fingerprint density at radius 1 is 0.706 bits per heavy atom. The number of esters is 2. The summed E-state index contributed by atoms with van der Waals surface area (Å²) in [5.41, 5.74) is 1.65. The third-order valence-electron chi connectivity index (χ3n) is 4.38. The average Bonchev–Trinajstić information content (AvgIpc) is 2.83. The van der Waals surface area contributed by atoms with Crippen LogP contribution in [0.3, 0.4) is 0 Å². The third-order valence-corrected chi connectivity index (χ3v) is 4.38. The Bertz CT molecular complexity index is 900. The van der Waals surface area contributed by atoms with Gasteiger partial charge in [-0.3, -0.25) is 9.59 Å². The van der Waals surface area contributed by atoms with E-state index in [4.69, 9.17) is 34.8 Å². The highest BCUT2D eigenvalue weighted by atomic mass is 16.6. The van der Waals surface area contributed by atoms with Crippen LogP contribution in [0.15, 0.2) is 48.5 Å². The minimum Gasteiger partial charge on any atom is -0.494 e. The van der Waals surface area contributed by atoms with Gasteiger partial charge in [0.15, 0.2) is 0 Å². The summed E-state index contributed by atoms with van der Waals surface area (Å²) in [4.78, 5) is 23.7. The first kappa shape index (κ1) is 26.7. The van der Waals surface area contributed by atoms with Crippen molar-refractivity contribution in [1.82, 2.24) is 0 Å². The van der Waals surface area contributed by atoms with Crippen LogP contribution in [0.25, 0.3) is 0 Å². The van der Waals surface area contributed by atoms with Crippen molar-refractivity contribution >= 4 is 11.9 Å². The van der Waals surface area contributed by atoms with Crippen molar-refractivity contribution < 1.29 is 38.0 Å². The fraction of sp³-hybridized carbons (Fsp3) is 0.385. The number of carbonyl (C=O) groups is 2. The Hall–Kier alpha value is -3.54. The van der Waals surface area contributed by atoms with Crippen molar-refractivity contribution in [2.75, 3.05) is 46.2 Å². The van der Waals surface area contributed by atoms with Gasteiger partial charge in [-0.15, -0.1) is 0 Å². The standard InChI is InChI=1S/C26H30O8/c1-3-31-23-9-5-21(6-10-23)19-25(27)33-17-15-29-13-14-30-16-18-34-26(28)20-22-7-11-24(12-8-22)32-4-2/h1,5-12H,4,13-20H2,2H3. The fourth-order valence-corrected chi connectivity index (χ4v) is 2.80. The van der Waals surface area contributed by atoms with E-state index in [1.807, 2.05) is 31.2 Å². The number of terminal acetylenes is 1. The van der Waals surface area contributed by atoms with Crippen LogP contribution in [0.1, 0.15) is 18.1 Å². The Labute approximate surface area is 200 Å². The van der Waals surface area contributed by atoms with Crippen LogP contribution >= 0.6 is 0 Å². The SMILES string of the molecule is C#COc1ccc(CC(=O)OCCOCCOCCOC(=O)Cc2ccc(OCC)cc2)cc1. The van der Waals surface area contributed by atoms with Crippen molar-refractivity contribution in [2.24, 2.45) is 0 Å². The molecular weight excluding hydrogens is 440 g/mol. The van der Waals surface area contributed by atoms with E-state index in [1.165, 1.54) is 0 Å². The van der Waals surface area contributed by atoms with Gasteiger partial charge in [0.2, 0.25) is 0 Å². The summed E-state index contributed by atoms with van der Waals surface area (Å²) in [5, 5.41) is 0. The minimum atomic E-state index is -0.350. The van der Waals surface area contributed by atoms with Gasteiger partial charge >= 0.3 is 11.9 Å². The number of benzene rings is 2. The third kappa shape index (κ3) is 11.4. The molecule has 2 aromatic carbocycles. The Balaban J connectivity index is 1.42. The summed E-state index contributed by atoms with van der Waals surface area (Å²) < 4.78 is 31.3. The van der Waals surface area contributed by atoms with Gasteiger partial charge in [0, 0.05) is 0 Å². The second-order valence-corrected chi connectivity index (χ2v) is 6.96. The molecule has 34 heavy (non-hydrogen) atoms. The van der Waals surface area contributed by atoms with Crippen molar-refractivity contribution in [2.45, 2.75) is 19.8 Å². The van der Waals surface area contributed by atoms with E-state index < -0.39 is 0 Å². The van der Waals surface area contributed by atoms with Gasteiger partial charge in [-0.1, -0.05) is 30.7 Å². The van der Waals surface area contributed by atoms with E-state index in [-0.39, 0.29) is 51.2 Å². The molecule has 0 radical (unpaired) electrons. The van der Waals surface area contributed by atoms with Crippen LogP contribution in [0, 0.1) is 12.5 Å². The lowest BCUT2D eigenvalue weighted by atomic mass is 10.1. The molecule has 0 amide bonds. The summed E-state index contributed by atoms with van der Waals surface area (Å²) in [6.45, 7) is 4.06. The molecule has 2 aromatic rings. The molecule has 0 bridgehead atoms. The molecule has 182 valence electrons. The average molecular weight is 471 g/mol. The predicted octanol–water partition coefficient (Wildman–Crippen LogP) is 2.96. The molecule has 0 fully saturated rings. The van der Waals surface area contributed by atoms with Crippen LogP contribution in [-0.4, -0.2) is 58.2 Å². The predicted molar refractivity (Wildman–Crippen MR) is 124 cm³/mol. The number of ether oxygens (including phenoxy) is 6.